The van der Waals surface area contributed by atoms with Crippen molar-refractivity contribution >= 4 is 23.8 Å². The highest BCUT2D eigenvalue weighted by molar-refractivity contribution is 5.81. The van der Waals surface area contributed by atoms with Crippen LogP contribution in [-0.4, -0.2) is 58.8 Å². The number of fused-ring (bicyclic) bond motifs is 8. The van der Waals surface area contributed by atoms with Gasteiger partial charge in [-0.15, -0.1) is 0 Å². The predicted octanol–water partition coefficient (Wildman–Crippen LogP) is 13.8. The van der Waals surface area contributed by atoms with E-state index in [-0.39, 0.29) is 70.8 Å². The van der Waals surface area contributed by atoms with Crippen molar-refractivity contribution in [3.8, 4) is 23.0 Å². The summed E-state index contributed by atoms with van der Waals surface area (Å²) in [5.74, 6) is 1.69. The Morgan fingerprint density at radius 3 is 0.986 bits per heavy atom. The number of ether oxygens (including phenoxy) is 2. The van der Waals surface area contributed by atoms with Gasteiger partial charge in [0.05, 0.1) is 22.9 Å². The van der Waals surface area contributed by atoms with E-state index in [1.54, 1.807) is 36.7 Å². The molecule has 0 aliphatic heterocycles. The number of rotatable bonds is 12. The van der Waals surface area contributed by atoms with Crippen molar-refractivity contribution < 1.29 is 29.5 Å². The fourth-order valence-electron chi connectivity index (χ4n) is 9.19. The lowest BCUT2D eigenvalue weighted by Gasteiger charge is -2.28. The minimum Gasteiger partial charge on any atom is -0.507 e. The van der Waals surface area contributed by atoms with Crippen LogP contribution in [0.2, 0.25) is 0 Å². The van der Waals surface area contributed by atoms with E-state index in [4.69, 9.17) is 9.47 Å². The van der Waals surface area contributed by atoms with Crippen molar-refractivity contribution in [2.45, 2.75) is 130 Å². The molecule has 0 heterocycles. The van der Waals surface area contributed by atoms with Crippen LogP contribution in [0.1, 0.15) is 161 Å². The van der Waals surface area contributed by atoms with Crippen LogP contribution < -0.4 is 9.47 Å². The minimum absolute atomic E-state index is 0.00977. The van der Waals surface area contributed by atoms with Gasteiger partial charge in [0.1, 0.15) is 36.2 Å². The second-order valence-electron chi connectivity index (χ2n) is 23.7. The van der Waals surface area contributed by atoms with Gasteiger partial charge in [-0.1, -0.05) is 156 Å². The molecule has 0 aromatic heterocycles. The third-order valence-electron chi connectivity index (χ3n) is 13.6. The molecular weight excluding hydrogens is 929 g/mol. The Bertz CT molecular complexity index is 2840. The van der Waals surface area contributed by atoms with Gasteiger partial charge in [-0.3, -0.25) is 30.2 Å². The first-order valence-corrected chi connectivity index (χ1v) is 25.4. The van der Waals surface area contributed by atoms with Crippen LogP contribution in [0, 0.1) is 20.2 Å². The number of phenols is 2. The number of aliphatic imine (C=N–C) groups is 2. The number of aromatic hydroxyl groups is 2. The monoisotopic (exact) mass is 1000 g/mol. The summed E-state index contributed by atoms with van der Waals surface area (Å²) in [6.45, 7) is 27.1. The van der Waals surface area contributed by atoms with E-state index in [9.17, 15) is 30.4 Å². The first kappa shape index (κ1) is 54.4. The number of nitro groups is 2. The third-order valence-corrected chi connectivity index (χ3v) is 13.6. The Hall–Kier alpha value is -7.34. The molecule has 7 rings (SSSR count). The zero-order valence-electron chi connectivity index (χ0n) is 45.2. The molecule has 0 unspecified atom stereocenters. The zero-order valence-corrected chi connectivity index (χ0v) is 45.2. The first-order valence-electron chi connectivity index (χ1n) is 25.4. The number of phenolic OH excluding ortho intramolecular Hbond substituents is 2. The fraction of sp³-hybridized carbons (Fsp3) is 0.387. The molecule has 12 nitrogen and oxygen atoms in total. The molecule has 6 aromatic rings. The maximum atomic E-state index is 12.7. The van der Waals surface area contributed by atoms with E-state index in [0.29, 0.717) is 48.3 Å². The van der Waals surface area contributed by atoms with Crippen molar-refractivity contribution in [1.82, 2.24) is 0 Å². The van der Waals surface area contributed by atoms with Crippen molar-refractivity contribution in [3.05, 3.63) is 195 Å². The van der Waals surface area contributed by atoms with Gasteiger partial charge >= 0.3 is 0 Å². The fourth-order valence-corrected chi connectivity index (χ4v) is 9.19. The summed E-state index contributed by atoms with van der Waals surface area (Å²) in [6, 6.07) is 29.8. The van der Waals surface area contributed by atoms with Gasteiger partial charge in [0.2, 0.25) is 0 Å². The Balaban J connectivity index is 1.42. The number of non-ortho nitro benzene ring substituents is 2. The molecule has 0 atom stereocenters. The second-order valence-corrected chi connectivity index (χ2v) is 23.7. The molecule has 0 saturated heterocycles. The predicted molar refractivity (Wildman–Crippen MR) is 297 cm³/mol. The summed E-state index contributed by atoms with van der Waals surface area (Å²) < 4.78 is 13.7. The Labute approximate surface area is 436 Å². The number of nitrogens with zero attached hydrogens (tertiary/aromatic N) is 4. The first-order chi connectivity index (χ1) is 34.6. The number of benzene rings is 6. The average molecular weight is 1000 g/mol. The van der Waals surface area contributed by atoms with Crippen molar-refractivity contribution in [3.63, 3.8) is 0 Å². The average Bonchev–Trinajstić information content (AvgIpc) is 3.30. The summed E-state index contributed by atoms with van der Waals surface area (Å²) in [4.78, 5) is 31.3. The van der Waals surface area contributed by atoms with Crippen LogP contribution in [0.25, 0.3) is 0 Å². The van der Waals surface area contributed by atoms with E-state index in [1.165, 1.54) is 24.3 Å². The van der Waals surface area contributed by atoms with Gasteiger partial charge in [-0.2, -0.15) is 0 Å². The van der Waals surface area contributed by atoms with Gasteiger partial charge in [-0.05, 0) is 99.5 Å². The van der Waals surface area contributed by atoms with E-state index < -0.39 is 9.85 Å². The molecule has 2 N–H and O–H groups in total. The summed E-state index contributed by atoms with van der Waals surface area (Å²) >= 11 is 0. The smallest absolute Gasteiger partial charge is 0.270 e. The van der Waals surface area contributed by atoms with Crippen molar-refractivity contribution in [1.29, 1.82) is 0 Å². The van der Waals surface area contributed by atoms with Crippen molar-refractivity contribution in [2.24, 2.45) is 9.98 Å². The number of hydrogen-bond acceptors (Lipinski definition) is 10. The lowest BCUT2D eigenvalue weighted by Crippen LogP contribution is -2.17. The summed E-state index contributed by atoms with van der Waals surface area (Å²) in [5.41, 5.74) is 10.9. The highest BCUT2D eigenvalue weighted by Crippen LogP contribution is 2.44. The van der Waals surface area contributed by atoms with Crippen LogP contribution in [0.15, 0.2) is 107 Å². The molecule has 1 aliphatic rings. The second kappa shape index (κ2) is 21.6. The maximum Gasteiger partial charge on any atom is 0.270 e. The zero-order chi connectivity index (χ0) is 53.9. The summed E-state index contributed by atoms with van der Waals surface area (Å²) in [6.07, 6.45) is 4.59. The van der Waals surface area contributed by atoms with Crippen molar-refractivity contribution in [2.75, 3.05) is 26.3 Å². The summed E-state index contributed by atoms with van der Waals surface area (Å²) in [5, 5.41) is 48.3. The van der Waals surface area contributed by atoms with Gasteiger partial charge in [0.25, 0.3) is 11.4 Å². The highest BCUT2D eigenvalue weighted by Gasteiger charge is 2.29. The van der Waals surface area contributed by atoms with E-state index in [0.717, 1.165) is 66.8 Å². The Morgan fingerprint density at radius 2 is 0.730 bits per heavy atom. The van der Waals surface area contributed by atoms with Crippen LogP contribution in [0.5, 0.6) is 23.0 Å². The van der Waals surface area contributed by atoms with Gasteiger partial charge in [0, 0.05) is 62.4 Å². The standard InChI is InChI=1S/C62H72N4O8/c1-59(2,3)49-29-41-25-45-33-51(61(7,8)9)35-47(57(45)73-21-19-63-37-39-15-13-17-53(23-39)65(69)70)27-43-31-50(60(4,5)6)32-44(56(43)68)28-48-36-52(62(10,11)12)34-46(26-42(30-49)55(41)67)58(48)74-22-20-64-38-40-16-14-18-54(24-40)66(71)72/h13-18,23-24,29-38,67-68H,19-22,25-28H2,1-12H3. The molecule has 8 bridgehead atoms. The number of hydrogen-bond donors (Lipinski definition) is 2. The van der Waals surface area contributed by atoms with Gasteiger partial charge in [-0.25, -0.2) is 0 Å². The molecule has 0 amide bonds. The van der Waals surface area contributed by atoms with E-state index in [1.807, 2.05) is 0 Å². The van der Waals surface area contributed by atoms with Gasteiger partial charge < -0.3 is 19.7 Å². The minimum atomic E-state index is -0.424. The van der Waals surface area contributed by atoms with Gasteiger partial charge in [0.15, 0.2) is 0 Å². The molecule has 0 fully saturated rings. The molecule has 0 radical (unpaired) electrons. The topological polar surface area (TPSA) is 170 Å². The van der Waals surface area contributed by atoms with Crippen LogP contribution in [0.3, 0.4) is 0 Å². The molecule has 1 aliphatic carbocycles. The molecule has 74 heavy (non-hydrogen) atoms. The van der Waals surface area contributed by atoms with Crippen LogP contribution in [0.4, 0.5) is 11.4 Å². The SMILES string of the molecule is CC(C)(C)c1cc2c(O)c(c1)Cc1cc(C(C)(C)C)cc(c1OCCN=Cc1cccc([N+](=O)[O-])c1)Cc1cc(C(C)(C)C)cc(c1O)Cc1cc(C(C)(C)C)cc(c1OCCN=Cc1cccc([N+](=O)[O-])c1)C2. The third kappa shape index (κ3) is 13.2. The molecule has 0 spiro atoms. The summed E-state index contributed by atoms with van der Waals surface area (Å²) in [7, 11) is 0. The lowest BCUT2D eigenvalue weighted by molar-refractivity contribution is -0.385. The quantitative estimate of drug-likeness (QED) is 0.0527. The van der Waals surface area contributed by atoms with Crippen LogP contribution in [-0.2, 0) is 47.3 Å². The maximum absolute atomic E-state index is 12.7. The Morgan fingerprint density at radius 1 is 0.459 bits per heavy atom. The molecule has 6 aromatic carbocycles. The Kier molecular flexibility index (Phi) is 15.9. The number of nitro benzene ring substituents is 2. The molecule has 12 heteroatoms. The normalized spacial score (nSPS) is 13.4. The van der Waals surface area contributed by atoms with E-state index >= 15 is 0 Å². The molecule has 388 valence electrons. The van der Waals surface area contributed by atoms with Crippen LogP contribution >= 0.6 is 0 Å². The molecule has 0 saturated carbocycles. The lowest BCUT2D eigenvalue weighted by atomic mass is 9.79. The molecular formula is C62H72N4O8. The van der Waals surface area contributed by atoms with E-state index in [2.05, 4.69) is 142 Å². The largest absolute Gasteiger partial charge is 0.507 e. The highest BCUT2D eigenvalue weighted by atomic mass is 16.6.